The second kappa shape index (κ2) is 4.54. The lowest BCUT2D eigenvalue weighted by Crippen LogP contribution is -2.35. The highest BCUT2D eigenvalue weighted by Gasteiger charge is 2.31. The third-order valence-corrected chi connectivity index (χ3v) is 3.63. The van der Waals surface area contributed by atoms with Crippen molar-refractivity contribution in [1.29, 1.82) is 0 Å². The van der Waals surface area contributed by atoms with Gasteiger partial charge in [-0.3, -0.25) is 0 Å². The zero-order valence-electron chi connectivity index (χ0n) is 9.75. The summed E-state index contributed by atoms with van der Waals surface area (Å²) in [5.74, 6) is 0.498. The molecule has 0 aliphatic heterocycles. The summed E-state index contributed by atoms with van der Waals surface area (Å²) in [6, 6.07) is 6.56. The van der Waals surface area contributed by atoms with Gasteiger partial charge in [-0.25, -0.2) is 4.39 Å². The molecule has 0 unspecified atom stereocenters. The summed E-state index contributed by atoms with van der Waals surface area (Å²) in [5.41, 5.74) is 0.289. The molecule has 2 rings (SSSR count). The van der Waals surface area contributed by atoms with Crippen LogP contribution >= 0.6 is 0 Å². The number of hydrogen-bond donors (Lipinski definition) is 1. The Kier molecular flexibility index (Phi) is 3.29. The van der Waals surface area contributed by atoms with Gasteiger partial charge in [0.25, 0.3) is 0 Å². The molecule has 1 aliphatic carbocycles. The van der Waals surface area contributed by atoms with Crippen molar-refractivity contribution < 1.29 is 9.50 Å². The lowest BCUT2D eigenvalue weighted by Gasteiger charge is -2.35. The fourth-order valence-corrected chi connectivity index (χ4v) is 2.50. The van der Waals surface area contributed by atoms with E-state index in [0.29, 0.717) is 12.3 Å². The minimum absolute atomic E-state index is 0.217. The van der Waals surface area contributed by atoms with Crippen molar-refractivity contribution >= 4 is 0 Å². The number of rotatable bonds is 2. The summed E-state index contributed by atoms with van der Waals surface area (Å²) in [7, 11) is 0. The van der Waals surface area contributed by atoms with Gasteiger partial charge >= 0.3 is 0 Å². The van der Waals surface area contributed by atoms with Crippen LogP contribution in [0, 0.1) is 11.7 Å². The van der Waals surface area contributed by atoms with Crippen molar-refractivity contribution in [2.45, 2.75) is 44.6 Å². The van der Waals surface area contributed by atoms with Crippen LogP contribution in [-0.2, 0) is 6.42 Å². The zero-order valence-corrected chi connectivity index (χ0v) is 9.75. The summed E-state index contributed by atoms with van der Waals surface area (Å²) in [6.45, 7) is 2.22. The summed E-state index contributed by atoms with van der Waals surface area (Å²) < 4.78 is 13.0. The molecule has 1 aromatic carbocycles. The summed E-state index contributed by atoms with van der Waals surface area (Å²) in [5, 5.41) is 10.4. The maximum atomic E-state index is 13.0. The van der Waals surface area contributed by atoms with Crippen LogP contribution in [0.25, 0.3) is 0 Å². The van der Waals surface area contributed by atoms with Crippen LogP contribution < -0.4 is 0 Å². The summed E-state index contributed by atoms with van der Waals surface area (Å²) >= 11 is 0. The molecule has 1 nitrogen and oxygen atoms in total. The van der Waals surface area contributed by atoms with Gasteiger partial charge in [0.05, 0.1) is 5.60 Å². The van der Waals surface area contributed by atoms with Gasteiger partial charge in [0.15, 0.2) is 0 Å². The Labute approximate surface area is 96.3 Å². The van der Waals surface area contributed by atoms with Crippen LogP contribution in [0.15, 0.2) is 24.3 Å². The third-order valence-electron chi connectivity index (χ3n) is 3.63. The van der Waals surface area contributed by atoms with Crippen LogP contribution in [0.2, 0.25) is 0 Å². The molecule has 0 radical (unpaired) electrons. The Morgan fingerprint density at radius 3 is 2.69 bits per heavy atom. The van der Waals surface area contributed by atoms with Gasteiger partial charge in [-0.05, 0) is 49.3 Å². The predicted molar refractivity (Wildman–Crippen MR) is 62.7 cm³/mol. The fraction of sp³-hybridized carbons (Fsp3) is 0.571. The van der Waals surface area contributed by atoms with Gasteiger partial charge in [-0.15, -0.1) is 0 Å². The Balaban J connectivity index is 2.03. The molecule has 1 saturated carbocycles. The quantitative estimate of drug-likeness (QED) is 0.814. The molecule has 0 aromatic heterocycles. The maximum Gasteiger partial charge on any atom is 0.123 e. The predicted octanol–water partition coefficient (Wildman–Crippen LogP) is 3.31. The van der Waals surface area contributed by atoms with Crippen LogP contribution in [0.1, 0.15) is 38.2 Å². The zero-order chi connectivity index (χ0) is 11.6. The smallest absolute Gasteiger partial charge is 0.123 e. The van der Waals surface area contributed by atoms with E-state index in [1.165, 1.54) is 12.1 Å². The van der Waals surface area contributed by atoms with E-state index < -0.39 is 5.60 Å². The molecule has 16 heavy (non-hydrogen) atoms. The summed E-state index contributed by atoms with van der Waals surface area (Å²) in [4.78, 5) is 0. The molecule has 0 saturated heterocycles. The first-order chi connectivity index (χ1) is 7.57. The highest BCUT2D eigenvalue weighted by atomic mass is 19.1. The van der Waals surface area contributed by atoms with Gasteiger partial charge < -0.3 is 5.11 Å². The van der Waals surface area contributed by atoms with Gasteiger partial charge in [0.1, 0.15) is 5.82 Å². The molecule has 1 aliphatic rings. The van der Waals surface area contributed by atoms with Crippen molar-refractivity contribution in [3.8, 4) is 0 Å². The van der Waals surface area contributed by atoms with E-state index in [0.717, 1.165) is 31.2 Å². The minimum atomic E-state index is -0.611. The molecule has 0 amide bonds. The molecule has 0 heterocycles. The molecule has 88 valence electrons. The van der Waals surface area contributed by atoms with Gasteiger partial charge in [-0.1, -0.05) is 19.1 Å². The molecule has 1 N–H and O–H groups in total. The van der Waals surface area contributed by atoms with Crippen molar-refractivity contribution in [2.24, 2.45) is 5.92 Å². The molecule has 2 heteroatoms. The van der Waals surface area contributed by atoms with E-state index in [9.17, 15) is 9.50 Å². The van der Waals surface area contributed by atoms with E-state index in [-0.39, 0.29) is 5.82 Å². The van der Waals surface area contributed by atoms with Gasteiger partial charge in [0.2, 0.25) is 0 Å². The van der Waals surface area contributed by atoms with E-state index in [4.69, 9.17) is 0 Å². The average Bonchev–Trinajstić information content (AvgIpc) is 2.23. The monoisotopic (exact) mass is 222 g/mol. The normalized spacial score (nSPS) is 30.3. The van der Waals surface area contributed by atoms with E-state index in [1.54, 1.807) is 6.07 Å². The van der Waals surface area contributed by atoms with Crippen molar-refractivity contribution in [2.75, 3.05) is 0 Å². The van der Waals surface area contributed by atoms with Crippen molar-refractivity contribution in [1.82, 2.24) is 0 Å². The van der Waals surface area contributed by atoms with E-state index >= 15 is 0 Å². The molecular formula is C14H19FO. The minimum Gasteiger partial charge on any atom is -0.390 e. The largest absolute Gasteiger partial charge is 0.390 e. The second-order valence-electron chi connectivity index (χ2n) is 5.21. The fourth-order valence-electron chi connectivity index (χ4n) is 2.50. The molecular weight excluding hydrogens is 203 g/mol. The molecule has 1 aromatic rings. The van der Waals surface area contributed by atoms with Crippen LogP contribution in [-0.4, -0.2) is 10.7 Å². The van der Waals surface area contributed by atoms with Gasteiger partial charge in [-0.2, -0.15) is 0 Å². The SMILES string of the molecule is CC1CCC(O)(Cc2cccc(F)c2)CC1. The second-order valence-corrected chi connectivity index (χ2v) is 5.21. The summed E-state index contributed by atoms with van der Waals surface area (Å²) in [6.07, 6.45) is 4.41. The number of hydrogen-bond acceptors (Lipinski definition) is 1. The first-order valence-corrected chi connectivity index (χ1v) is 6.04. The van der Waals surface area contributed by atoms with Crippen molar-refractivity contribution in [3.63, 3.8) is 0 Å². The Morgan fingerprint density at radius 2 is 2.06 bits per heavy atom. The first kappa shape index (κ1) is 11.6. The third kappa shape index (κ3) is 2.82. The van der Waals surface area contributed by atoms with E-state index in [2.05, 4.69) is 6.92 Å². The molecule has 1 fully saturated rings. The number of halogens is 1. The topological polar surface area (TPSA) is 20.2 Å². The Hall–Kier alpha value is -0.890. The first-order valence-electron chi connectivity index (χ1n) is 6.04. The van der Waals surface area contributed by atoms with Gasteiger partial charge in [0, 0.05) is 6.42 Å². The van der Waals surface area contributed by atoms with E-state index in [1.807, 2.05) is 6.07 Å². The number of benzene rings is 1. The Morgan fingerprint density at radius 1 is 1.38 bits per heavy atom. The van der Waals surface area contributed by atoms with Crippen LogP contribution in [0.5, 0.6) is 0 Å². The number of aliphatic hydroxyl groups is 1. The molecule has 0 atom stereocenters. The highest BCUT2D eigenvalue weighted by molar-refractivity contribution is 5.18. The van der Waals surface area contributed by atoms with Crippen LogP contribution in [0.4, 0.5) is 4.39 Å². The molecule has 0 bridgehead atoms. The average molecular weight is 222 g/mol. The molecule has 0 spiro atoms. The highest BCUT2D eigenvalue weighted by Crippen LogP contribution is 2.34. The lowest BCUT2D eigenvalue weighted by atomic mass is 9.76. The Bertz CT molecular complexity index is 354. The van der Waals surface area contributed by atoms with Crippen LogP contribution in [0.3, 0.4) is 0 Å². The standard InChI is InChI=1S/C14H19FO/c1-11-5-7-14(16,8-6-11)10-12-3-2-4-13(15)9-12/h2-4,9,11,16H,5-8,10H2,1H3. The maximum absolute atomic E-state index is 13.0. The lowest BCUT2D eigenvalue weighted by molar-refractivity contribution is -0.00671. The van der Waals surface area contributed by atoms with Crippen molar-refractivity contribution in [3.05, 3.63) is 35.6 Å².